The van der Waals surface area contributed by atoms with E-state index in [1.807, 2.05) is 19.3 Å². The fraction of sp³-hybridized carbons (Fsp3) is 0.545. The highest BCUT2D eigenvalue weighted by Crippen LogP contribution is 2.17. The average Bonchev–Trinajstić information content (AvgIpc) is 2.81. The molecule has 1 atom stereocenters. The summed E-state index contributed by atoms with van der Waals surface area (Å²) in [7, 11) is 0. The summed E-state index contributed by atoms with van der Waals surface area (Å²) in [5.41, 5.74) is 1.04. The van der Waals surface area contributed by atoms with Crippen molar-refractivity contribution in [1.82, 2.24) is 24.9 Å². The van der Waals surface area contributed by atoms with Crippen LogP contribution in [-0.2, 0) is 11.2 Å². The Morgan fingerprint density at radius 2 is 2.53 bits per heavy atom. The molecule has 0 amide bonds. The largest absolute Gasteiger partial charge is 0.371 e. The number of hydrogen-bond donors (Lipinski definition) is 1. The van der Waals surface area contributed by atoms with Crippen LogP contribution in [0.25, 0.3) is 5.78 Å². The third-order valence-electron chi connectivity index (χ3n) is 2.87. The van der Waals surface area contributed by atoms with Crippen LogP contribution >= 0.6 is 0 Å². The second-order valence-electron chi connectivity index (χ2n) is 4.08. The van der Waals surface area contributed by atoms with Crippen molar-refractivity contribution in [3.63, 3.8) is 0 Å². The van der Waals surface area contributed by atoms with Gasteiger partial charge in [-0.05, 0) is 0 Å². The van der Waals surface area contributed by atoms with Crippen molar-refractivity contribution < 1.29 is 4.74 Å². The topological polar surface area (TPSA) is 64.3 Å². The molecule has 1 fully saturated rings. The highest BCUT2D eigenvalue weighted by atomic mass is 16.5. The van der Waals surface area contributed by atoms with E-state index in [1.54, 1.807) is 4.52 Å². The molecule has 0 aromatic carbocycles. The Balaban J connectivity index is 1.94. The predicted molar refractivity (Wildman–Crippen MR) is 61.7 cm³/mol. The highest BCUT2D eigenvalue weighted by molar-refractivity contribution is 5.28. The number of rotatable bonds is 2. The van der Waals surface area contributed by atoms with Crippen molar-refractivity contribution in [3.8, 4) is 0 Å². The first kappa shape index (κ1) is 10.6. The van der Waals surface area contributed by atoms with Crippen LogP contribution in [0.4, 0.5) is 0 Å². The van der Waals surface area contributed by atoms with E-state index in [-0.39, 0.29) is 6.10 Å². The lowest BCUT2D eigenvalue weighted by molar-refractivity contribution is 0.0272. The standard InChI is InChI=1S/C11H15N5O/c1-2-10-14-11-13-5-8(7-16(11)15-10)9-6-12-3-4-17-9/h5,7,9,12H,2-4,6H2,1H3. The van der Waals surface area contributed by atoms with Crippen molar-refractivity contribution in [3.05, 3.63) is 23.8 Å². The maximum atomic E-state index is 5.68. The Bertz CT molecular complexity index is 518. The molecule has 1 unspecified atom stereocenters. The van der Waals surface area contributed by atoms with E-state index in [4.69, 9.17) is 4.74 Å². The van der Waals surface area contributed by atoms with Crippen molar-refractivity contribution in [2.45, 2.75) is 19.4 Å². The molecule has 0 radical (unpaired) electrons. The van der Waals surface area contributed by atoms with Gasteiger partial charge in [-0.25, -0.2) is 9.50 Å². The summed E-state index contributed by atoms with van der Waals surface area (Å²) < 4.78 is 7.41. The molecule has 3 heterocycles. The van der Waals surface area contributed by atoms with Crippen LogP contribution in [0.15, 0.2) is 12.4 Å². The summed E-state index contributed by atoms with van der Waals surface area (Å²) in [6.45, 7) is 4.50. The first-order chi connectivity index (χ1) is 8.36. The summed E-state index contributed by atoms with van der Waals surface area (Å²) in [5.74, 6) is 1.46. The summed E-state index contributed by atoms with van der Waals surface area (Å²) in [6, 6.07) is 0. The van der Waals surface area contributed by atoms with Crippen LogP contribution in [0.2, 0.25) is 0 Å². The molecule has 3 rings (SSSR count). The van der Waals surface area contributed by atoms with Gasteiger partial charge in [0.25, 0.3) is 5.78 Å². The van der Waals surface area contributed by atoms with Crippen LogP contribution in [0.1, 0.15) is 24.4 Å². The van der Waals surface area contributed by atoms with Gasteiger partial charge in [0.1, 0.15) is 0 Å². The third kappa shape index (κ3) is 2.01. The molecule has 1 aliphatic heterocycles. The number of aromatic nitrogens is 4. The van der Waals surface area contributed by atoms with Crippen molar-refractivity contribution in [2.75, 3.05) is 19.7 Å². The first-order valence-corrected chi connectivity index (χ1v) is 5.90. The van der Waals surface area contributed by atoms with Gasteiger partial charge in [0.15, 0.2) is 5.82 Å². The molecule has 2 aromatic heterocycles. The molecular formula is C11H15N5O. The number of fused-ring (bicyclic) bond motifs is 1. The zero-order chi connectivity index (χ0) is 11.7. The number of morpholine rings is 1. The average molecular weight is 233 g/mol. The van der Waals surface area contributed by atoms with Gasteiger partial charge in [-0.3, -0.25) is 0 Å². The van der Waals surface area contributed by atoms with Gasteiger partial charge in [0.05, 0.1) is 12.7 Å². The van der Waals surface area contributed by atoms with Crippen molar-refractivity contribution in [1.29, 1.82) is 0 Å². The molecule has 6 nitrogen and oxygen atoms in total. The molecule has 90 valence electrons. The lowest BCUT2D eigenvalue weighted by atomic mass is 10.2. The summed E-state index contributed by atoms with van der Waals surface area (Å²) in [6.07, 6.45) is 4.66. The van der Waals surface area contributed by atoms with E-state index in [1.165, 1.54) is 0 Å². The Morgan fingerprint density at radius 3 is 3.29 bits per heavy atom. The maximum absolute atomic E-state index is 5.68. The molecule has 17 heavy (non-hydrogen) atoms. The van der Waals surface area contributed by atoms with Gasteiger partial charge in [-0.2, -0.15) is 4.98 Å². The van der Waals surface area contributed by atoms with Gasteiger partial charge >= 0.3 is 0 Å². The smallest absolute Gasteiger partial charge is 0.252 e. The summed E-state index contributed by atoms with van der Waals surface area (Å²) >= 11 is 0. The van der Waals surface area contributed by atoms with Crippen LogP contribution < -0.4 is 5.32 Å². The second kappa shape index (κ2) is 4.38. The summed E-state index contributed by atoms with van der Waals surface area (Å²) in [4.78, 5) is 8.61. The molecule has 6 heteroatoms. The molecule has 0 bridgehead atoms. The Labute approximate surface area is 99.0 Å². The minimum Gasteiger partial charge on any atom is -0.371 e. The molecule has 0 saturated carbocycles. The Hall–Kier alpha value is -1.53. The van der Waals surface area contributed by atoms with Crippen LogP contribution in [0.5, 0.6) is 0 Å². The highest BCUT2D eigenvalue weighted by Gasteiger charge is 2.17. The van der Waals surface area contributed by atoms with Gasteiger partial charge in [0, 0.05) is 37.5 Å². The summed E-state index contributed by atoms with van der Waals surface area (Å²) in [5, 5.41) is 7.65. The molecular weight excluding hydrogens is 218 g/mol. The van der Waals surface area contributed by atoms with Crippen LogP contribution in [0, 0.1) is 0 Å². The number of ether oxygens (including phenoxy) is 1. The molecule has 2 aromatic rings. The lowest BCUT2D eigenvalue weighted by Crippen LogP contribution is -2.33. The van der Waals surface area contributed by atoms with E-state index in [9.17, 15) is 0 Å². The van der Waals surface area contributed by atoms with E-state index >= 15 is 0 Å². The van der Waals surface area contributed by atoms with Crippen molar-refractivity contribution in [2.24, 2.45) is 0 Å². The Morgan fingerprint density at radius 1 is 1.59 bits per heavy atom. The second-order valence-corrected chi connectivity index (χ2v) is 4.08. The molecule has 0 spiro atoms. The van der Waals surface area contributed by atoms with Gasteiger partial charge in [-0.1, -0.05) is 6.92 Å². The van der Waals surface area contributed by atoms with Gasteiger partial charge in [-0.15, -0.1) is 5.10 Å². The normalized spacial score (nSPS) is 20.9. The fourth-order valence-corrected chi connectivity index (χ4v) is 1.94. The molecule has 1 aliphatic rings. The van der Waals surface area contributed by atoms with E-state index in [0.29, 0.717) is 5.78 Å². The van der Waals surface area contributed by atoms with Crippen LogP contribution in [-0.4, -0.2) is 39.3 Å². The quantitative estimate of drug-likeness (QED) is 0.810. The zero-order valence-electron chi connectivity index (χ0n) is 9.76. The van der Waals surface area contributed by atoms with E-state index < -0.39 is 0 Å². The zero-order valence-corrected chi connectivity index (χ0v) is 9.76. The minimum atomic E-state index is 0.0647. The number of nitrogens with zero attached hydrogens (tertiary/aromatic N) is 4. The predicted octanol–water partition coefficient (Wildman–Crippen LogP) is 0.348. The van der Waals surface area contributed by atoms with Crippen LogP contribution in [0.3, 0.4) is 0 Å². The lowest BCUT2D eigenvalue weighted by Gasteiger charge is -2.23. The Kier molecular flexibility index (Phi) is 2.74. The monoisotopic (exact) mass is 233 g/mol. The van der Waals surface area contributed by atoms with E-state index in [0.717, 1.165) is 37.5 Å². The number of hydrogen-bond acceptors (Lipinski definition) is 5. The number of nitrogens with one attached hydrogen (secondary N) is 1. The molecule has 1 N–H and O–H groups in total. The molecule has 0 aliphatic carbocycles. The molecule has 1 saturated heterocycles. The maximum Gasteiger partial charge on any atom is 0.252 e. The van der Waals surface area contributed by atoms with Crippen molar-refractivity contribution >= 4 is 5.78 Å². The fourth-order valence-electron chi connectivity index (χ4n) is 1.94. The van der Waals surface area contributed by atoms with E-state index in [2.05, 4.69) is 20.4 Å². The SMILES string of the molecule is CCc1nc2ncc(C3CNCCO3)cn2n1. The van der Waals surface area contributed by atoms with Gasteiger partial charge < -0.3 is 10.1 Å². The number of aryl methyl sites for hydroxylation is 1. The third-order valence-corrected chi connectivity index (χ3v) is 2.87. The minimum absolute atomic E-state index is 0.0647. The first-order valence-electron chi connectivity index (χ1n) is 5.90. The van der Waals surface area contributed by atoms with Gasteiger partial charge in [0.2, 0.25) is 0 Å².